The van der Waals surface area contributed by atoms with Crippen molar-refractivity contribution in [3.63, 3.8) is 0 Å². The van der Waals surface area contributed by atoms with Gasteiger partial charge in [-0.1, -0.05) is 43.9 Å². The second-order valence-corrected chi connectivity index (χ2v) is 6.13. The number of aliphatic imine (C=N–C) groups is 1. The predicted octanol–water partition coefficient (Wildman–Crippen LogP) is 3.62. The Hall–Kier alpha value is -1.57. The maximum atomic E-state index is 6.09. The van der Waals surface area contributed by atoms with E-state index >= 15 is 0 Å². The van der Waals surface area contributed by atoms with Crippen molar-refractivity contribution in [2.75, 3.05) is 0 Å². The Morgan fingerprint density at radius 1 is 1.21 bits per heavy atom. The van der Waals surface area contributed by atoms with Crippen LogP contribution in [0.4, 0.5) is 0 Å². The van der Waals surface area contributed by atoms with Gasteiger partial charge in [0.15, 0.2) is 5.96 Å². The summed E-state index contributed by atoms with van der Waals surface area (Å²) in [5.41, 5.74) is 8.32. The van der Waals surface area contributed by atoms with Gasteiger partial charge in [-0.3, -0.25) is 0 Å². The maximum Gasteiger partial charge on any atom is 0.189 e. The monoisotopic (exact) mass is 439 g/mol. The van der Waals surface area contributed by atoms with Crippen molar-refractivity contribution in [3.8, 4) is 5.69 Å². The van der Waals surface area contributed by atoms with Crippen LogP contribution in [-0.4, -0.2) is 21.6 Å². The average molecular weight is 439 g/mol. The molecule has 5 nitrogen and oxygen atoms in total. The minimum atomic E-state index is 0. The van der Waals surface area contributed by atoms with Gasteiger partial charge < -0.3 is 15.6 Å². The molecule has 0 aliphatic heterocycles. The van der Waals surface area contributed by atoms with Crippen molar-refractivity contribution >= 4 is 29.9 Å². The maximum absolute atomic E-state index is 6.09. The van der Waals surface area contributed by atoms with Crippen molar-refractivity contribution in [2.45, 2.75) is 51.1 Å². The number of benzene rings is 1. The molecule has 0 unspecified atom stereocenters. The van der Waals surface area contributed by atoms with Gasteiger partial charge in [0.2, 0.25) is 0 Å². The van der Waals surface area contributed by atoms with Crippen molar-refractivity contribution < 1.29 is 0 Å². The molecule has 0 saturated heterocycles. The first kappa shape index (κ1) is 18.8. The third-order valence-electron chi connectivity index (χ3n) is 4.40. The number of aromatic nitrogens is 2. The van der Waals surface area contributed by atoms with E-state index in [1.54, 1.807) is 12.5 Å². The van der Waals surface area contributed by atoms with Gasteiger partial charge in [-0.05, 0) is 24.5 Å². The predicted molar refractivity (Wildman–Crippen MR) is 109 cm³/mol. The van der Waals surface area contributed by atoms with Gasteiger partial charge in [0.25, 0.3) is 0 Å². The summed E-state index contributed by atoms with van der Waals surface area (Å²) >= 11 is 0. The first-order chi connectivity index (χ1) is 11.3. The highest BCUT2D eigenvalue weighted by molar-refractivity contribution is 14.0. The van der Waals surface area contributed by atoms with Crippen LogP contribution in [0.2, 0.25) is 0 Å². The highest BCUT2D eigenvalue weighted by atomic mass is 127. The standard InChI is InChI=1S/C18H25N5.HI/c19-18(22-16-8-3-1-2-4-9-16)21-13-15-7-5-6-10-17(15)23-12-11-20-14-23;/h5-7,10-12,14,16H,1-4,8-9,13H2,(H3,19,21,22);1H. The minimum absolute atomic E-state index is 0. The van der Waals surface area contributed by atoms with Crippen LogP contribution in [0.3, 0.4) is 0 Å². The lowest BCUT2D eigenvalue weighted by atomic mass is 10.1. The van der Waals surface area contributed by atoms with Gasteiger partial charge >= 0.3 is 0 Å². The molecular weight excluding hydrogens is 413 g/mol. The fraction of sp³-hybridized carbons (Fsp3) is 0.444. The lowest BCUT2D eigenvalue weighted by molar-refractivity contribution is 0.530. The van der Waals surface area contributed by atoms with Crippen LogP contribution in [0.25, 0.3) is 5.69 Å². The molecule has 1 fully saturated rings. The Balaban J connectivity index is 0.00000208. The molecule has 130 valence electrons. The fourth-order valence-electron chi connectivity index (χ4n) is 3.15. The number of nitrogens with one attached hydrogen (secondary N) is 1. The number of rotatable bonds is 4. The molecule has 0 radical (unpaired) electrons. The smallest absolute Gasteiger partial charge is 0.189 e. The summed E-state index contributed by atoms with van der Waals surface area (Å²) in [6, 6.07) is 8.68. The minimum Gasteiger partial charge on any atom is -0.370 e. The number of halogens is 1. The summed E-state index contributed by atoms with van der Waals surface area (Å²) in [4.78, 5) is 8.65. The zero-order valence-electron chi connectivity index (χ0n) is 13.9. The third-order valence-corrected chi connectivity index (χ3v) is 4.40. The molecule has 1 aliphatic rings. The van der Waals surface area contributed by atoms with Crippen LogP contribution < -0.4 is 11.1 Å². The zero-order valence-corrected chi connectivity index (χ0v) is 16.2. The molecule has 0 amide bonds. The molecule has 2 aromatic rings. The molecule has 1 aromatic carbocycles. The third kappa shape index (κ3) is 5.22. The number of hydrogen-bond acceptors (Lipinski definition) is 2. The normalized spacial score (nSPS) is 16.2. The zero-order chi connectivity index (χ0) is 15.9. The molecule has 3 rings (SSSR count). The highest BCUT2D eigenvalue weighted by Crippen LogP contribution is 2.17. The van der Waals surface area contributed by atoms with Gasteiger partial charge in [0.05, 0.1) is 18.6 Å². The number of guanidine groups is 1. The van der Waals surface area contributed by atoms with E-state index in [1.807, 2.05) is 22.9 Å². The Bertz CT molecular complexity index is 631. The number of nitrogens with two attached hydrogens (primary N) is 1. The summed E-state index contributed by atoms with van der Waals surface area (Å²) < 4.78 is 2.00. The quantitative estimate of drug-likeness (QED) is 0.331. The molecule has 6 heteroatoms. The van der Waals surface area contributed by atoms with Gasteiger partial charge in [-0.15, -0.1) is 24.0 Å². The van der Waals surface area contributed by atoms with Crippen molar-refractivity contribution in [3.05, 3.63) is 48.5 Å². The van der Waals surface area contributed by atoms with E-state index in [0.717, 1.165) is 11.3 Å². The van der Waals surface area contributed by atoms with E-state index in [0.29, 0.717) is 18.5 Å². The molecule has 24 heavy (non-hydrogen) atoms. The molecular formula is C18H26IN5. The van der Waals surface area contributed by atoms with Crippen LogP contribution in [0.1, 0.15) is 44.1 Å². The molecule has 1 saturated carbocycles. The Morgan fingerprint density at radius 3 is 2.67 bits per heavy atom. The lowest BCUT2D eigenvalue weighted by Gasteiger charge is -2.17. The summed E-state index contributed by atoms with van der Waals surface area (Å²) in [6.07, 6.45) is 13.2. The van der Waals surface area contributed by atoms with Crippen LogP contribution in [-0.2, 0) is 6.54 Å². The Morgan fingerprint density at radius 2 is 1.96 bits per heavy atom. The number of nitrogens with zero attached hydrogens (tertiary/aromatic N) is 3. The number of imidazole rings is 1. The van der Waals surface area contributed by atoms with Gasteiger partial charge in [-0.25, -0.2) is 9.98 Å². The van der Waals surface area contributed by atoms with Crippen molar-refractivity contribution in [1.29, 1.82) is 0 Å². The van der Waals surface area contributed by atoms with E-state index in [2.05, 4.69) is 27.4 Å². The average Bonchev–Trinajstić information content (AvgIpc) is 2.99. The second kappa shape index (κ2) is 9.66. The molecule has 1 aliphatic carbocycles. The van der Waals surface area contributed by atoms with Crippen LogP contribution >= 0.6 is 24.0 Å². The molecule has 0 bridgehead atoms. The van der Waals surface area contributed by atoms with Crippen molar-refractivity contribution in [2.24, 2.45) is 10.7 Å². The summed E-state index contributed by atoms with van der Waals surface area (Å²) in [5, 5.41) is 3.39. The Kier molecular flexibility index (Phi) is 7.55. The van der Waals surface area contributed by atoms with Crippen molar-refractivity contribution in [1.82, 2.24) is 14.9 Å². The van der Waals surface area contributed by atoms with Crippen LogP contribution in [0, 0.1) is 0 Å². The first-order valence-electron chi connectivity index (χ1n) is 8.45. The first-order valence-corrected chi connectivity index (χ1v) is 8.45. The van der Waals surface area contributed by atoms with E-state index in [-0.39, 0.29) is 24.0 Å². The van der Waals surface area contributed by atoms with E-state index in [1.165, 1.54) is 38.5 Å². The van der Waals surface area contributed by atoms with E-state index in [9.17, 15) is 0 Å². The van der Waals surface area contributed by atoms with Gasteiger partial charge in [0, 0.05) is 18.4 Å². The molecule has 0 spiro atoms. The van der Waals surface area contributed by atoms with Gasteiger partial charge in [-0.2, -0.15) is 0 Å². The molecule has 3 N–H and O–H groups in total. The van der Waals surface area contributed by atoms with Crippen LogP contribution in [0.5, 0.6) is 0 Å². The fourth-order valence-corrected chi connectivity index (χ4v) is 3.15. The second-order valence-electron chi connectivity index (χ2n) is 6.13. The SMILES string of the molecule is I.NC(=NCc1ccccc1-n1ccnc1)NC1CCCCCC1. The Labute approximate surface area is 160 Å². The highest BCUT2D eigenvalue weighted by Gasteiger charge is 2.12. The number of para-hydroxylation sites is 1. The summed E-state index contributed by atoms with van der Waals surface area (Å²) in [6.45, 7) is 0.569. The van der Waals surface area contributed by atoms with Crippen LogP contribution in [0.15, 0.2) is 48.0 Å². The summed E-state index contributed by atoms with van der Waals surface area (Å²) in [7, 11) is 0. The van der Waals surface area contributed by atoms with E-state index < -0.39 is 0 Å². The lowest BCUT2D eigenvalue weighted by Crippen LogP contribution is -2.39. The molecule has 1 heterocycles. The van der Waals surface area contributed by atoms with Gasteiger partial charge in [0.1, 0.15) is 0 Å². The molecule has 0 atom stereocenters. The topological polar surface area (TPSA) is 68.2 Å². The number of hydrogen-bond donors (Lipinski definition) is 2. The molecule has 1 aromatic heterocycles. The summed E-state index contributed by atoms with van der Waals surface area (Å²) in [5.74, 6) is 0.553. The van der Waals surface area contributed by atoms with E-state index in [4.69, 9.17) is 5.73 Å². The largest absolute Gasteiger partial charge is 0.370 e.